The van der Waals surface area contributed by atoms with E-state index in [2.05, 4.69) is 4.74 Å². The minimum atomic E-state index is -0.420. The molecule has 14 heavy (non-hydrogen) atoms. The lowest BCUT2D eigenvalue weighted by molar-refractivity contribution is -0.141. The molecule has 0 bridgehead atoms. The SMILES string of the molecule is COC(=O)CN(C)C(=O)c1ccsc1. The third-order valence-electron chi connectivity index (χ3n) is 1.71. The largest absolute Gasteiger partial charge is 0.468 e. The van der Waals surface area contributed by atoms with Gasteiger partial charge in [-0.2, -0.15) is 11.3 Å². The van der Waals surface area contributed by atoms with Crippen molar-refractivity contribution >= 4 is 23.2 Å². The average molecular weight is 213 g/mol. The molecule has 1 amide bonds. The highest BCUT2D eigenvalue weighted by atomic mass is 32.1. The van der Waals surface area contributed by atoms with Crippen LogP contribution in [0.25, 0.3) is 0 Å². The topological polar surface area (TPSA) is 46.6 Å². The molecule has 1 rings (SSSR count). The molecule has 0 aromatic carbocycles. The Morgan fingerprint density at radius 3 is 2.79 bits per heavy atom. The first-order valence-electron chi connectivity index (χ1n) is 3.99. The number of esters is 1. The zero-order valence-electron chi connectivity index (χ0n) is 8.02. The zero-order valence-corrected chi connectivity index (χ0v) is 8.84. The molecule has 0 aliphatic carbocycles. The number of ether oxygens (including phenoxy) is 1. The summed E-state index contributed by atoms with van der Waals surface area (Å²) >= 11 is 1.45. The Morgan fingerprint density at radius 1 is 1.57 bits per heavy atom. The second kappa shape index (κ2) is 4.76. The van der Waals surface area contributed by atoms with Crippen molar-refractivity contribution in [2.24, 2.45) is 0 Å². The van der Waals surface area contributed by atoms with E-state index in [0.717, 1.165) is 0 Å². The molecule has 1 heterocycles. The van der Waals surface area contributed by atoms with E-state index in [0.29, 0.717) is 5.56 Å². The number of carbonyl (C=O) groups excluding carboxylic acids is 2. The second-order valence-electron chi connectivity index (χ2n) is 2.75. The molecule has 5 heteroatoms. The van der Waals surface area contributed by atoms with Crippen LogP contribution in [0.2, 0.25) is 0 Å². The van der Waals surface area contributed by atoms with E-state index in [9.17, 15) is 9.59 Å². The Hall–Kier alpha value is -1.36. The number of amides is 1. The number of carbonyl (C=O) groups is 2. The fourth-order valence-corrected chi connectivity index (χ4v) is 1.57. The normalized spacial score (nSPS) is 9.57. The highest BCUT2D eigenvalue weighted by molar-refractivity contribution is 7.08. The van der Waals surface area contributed by atoms with Crippen LogP contribution in [0.15, 0.2) is 16.8 Å². The van der Waals surface area contributed by atoms with E-state index in [4.69, 9.17) is 0 Å². The molecule has 0 saturated heterocycles. The first-order valence-corrected chi connectivity index (χ1v) is 4.94. The number of hydrogen-bond acceptors (Lipinski definition) is 4. The fourth-order valence-electron chi connectivity index (χ4n) is 0.937. The van der Waals surface area contributed by atoms with Gasteiger partial charge in [-0.05, 0) is 11.4 Å². The van der Waals surface area contributed by atoms with Crippen LogP contribution in [0.1, 0.15) is 10.4 Å². The van der Waals surface area contributed by atoms with Crippen LogP contribution >= 0.6 is 11.3 Å². The molecule has 0 N–H and O–H groups in total. The molecule has 0 radical (unpaired) electrons. The average Bonchev–Trinajstić information content (AvgIpc) is 2.69. The molecule has 0 aliphatic rings. The Bertz CT molecular complexity index is 321. The summed E-state index contributed by atoms with van der Waals surface area (Å²) in [6.45, 7) is -0.0226. The monoisotopic (exact) mass is 213 g/mol. The minimum Gasteiger partial charge on any atom is -0.468 e. The van der Waals surface area contributed by atoms with Crippen LogP contribution in [0.4, 0.5) is 0 Å². The van der Waals surface area contributed by atoms with Crippen LogP contribution in [0.5, 0.6) is 0 Å². The minimum absolute atomic E-state index is 0.0226. The van der Waals surface area contributed by atoms with Crippen LogP contribution in [-0.2, 0) is 9.53 Å². The number of methoxy groups -OCH3 is 1. The first kappa shape index (κ1) is 10.7. The van der Waals surface area contributed by atoms with E-state index >= 15 is 0 Å². The summed E-state index contributed by atoms with van der Waals surface area (Å²) < 4.78 is 4.46. The third-order valence-corrected chi connectivity index (χ3v) is 2.39. The van der Waals surface area contributed by atoms with Crippen LogP contribution < -0.4 is 0 Å². The van der Waals surface area contributed by atoms with Crippen LogP contribution in [0, 0.1) is 0 Å². The molecule has 0 fully saturated rings. The van der Waals surface area contributed by atoms with Gasteiger partial charge < -0.3 is 9.64 Å². The molecule has 4 nitrogen and oxygen atoms in total. The van der Waals surface area contributed by atoms with Gasteiger partial charge in [0.1, 0.15) is 6.54 Å². The molecule has 1 aromatic heterocycles. The van der Waals surface area contributed by atoms with E-state index in [1.165, 1.54) is 23.3 Å². The first-order chi connectivity index (χ1) is 6.65. The Morgan fingerprint density at radius 2 is 2.29 bits per heavy atom. The summed E-state index contributed by atoms with van der Waals surface area (Å²) in [5.74, 6) is -0.590. The van der Waals surface area contributed by atoms with Crippen molar-refractivity contribution < 1.29 is 14.3 Å². The summed E-state index contributed by atoms with van der Waals surface area (Å²) in [6.07, 6.45) is 0. The molecule has 0 unspecified atom stereocenters. The zero-order chi connectivity index (χ0) is 10.6. The molecule has 0 aliphatic heterocycles. The Balaban J connectivity index is 2.58. The van der Waals surface area contributed by atoms with Crippen molar-refractivity contribution in [3.8, 4) is 0 Å². The van der Waals surface area contributed by atoms with Gasteiger partial charge in [0.25, 0.3) is 5.91 Å². The molecular formula is C9H11NO3S. The fraction of sp³-hybridized carbons (Fsp3) is 0.333. The van der Waals surface area contributed by atoms with Crippen molar-refractivity contribution in [3.63, 3.8) is 0 Å². The highest BCUT2D eigenvalue weighted by Crippen LogP contribution is 2.08. The predicted molar refractivity (Wildman–Crippen MR) is 53.3 cm³/mol. The number of rotatable bonds is 3. The van der Waals surface area contributed by atoms with Crippen molar-refractivity contribution in [1.82, 2.24) is 4.90 Å². The van der Waals surface area contributed by atoms with E-state index < -0.39 is 5.97 Å². The standard InChI is InChI=1S/C9H11NO3S/c1-10(5-8(11)13-2)9(12)7-3-4-14-6-7/h3-4,6H,5H2,1-2H3. The molecule has 0 atom stereocenters. The lowest BCUT2D eigenvalue weighted by Crippen LogP contribution is -2.32. The number of nitrogens with zero attached hydrogens (tertiary/aromatic N) is 1. The maximum absolute atomic E-state index is 11.6. The summed E-state index contributed by atoms with van der Waals surface area (Å²) in [6, 6.07) is 1.72. The summed E-state index contributed by atoms with van der Waals surface area (Å²) in [7, 11) is 2.86. The predicted octanol–water partition coefficient (Wildman–Crippen LogP) is 0.993. The lowest BCUT2D eigenvalue weighted by atomic mass is 10.3. The molecule has 76 valence electrons. The third kappa shape index (κ3) is 2.56. The van der Waals surface area contributed by atoms with Gasteiger partial charge in [0.05, 0.1) is 12.7 Å². The number of likely N-dealkylation sites (N-methyl/N-ethyl adjacent to an activating group) is 1. The Kier molecular flexibility index (Phi) is 3.64. The van der Waals surface area contributed by atoms with Gasteiger partial charge in [-0.15, -0.1) is 0 Å². The van der Waals surface area contributed by atoms with E-state index in [1.54, 1.807) is 18.5 Å². The van der Waals surface area contributed by atoms with Gasteiger partial charge >= 0.3 is 5.97 Å². The smallest absolute Gasteiger partial charge is 0.325 e. The van der Waals surface area contributed by atoms with Gasteiger partial charge in [-0.3, -0.25) is 9.59 Å². The Labute approximate surface area is 86.1 Å². The van der Waals surface area contributed by atoms with Crippen LogP contribution in [0.3, 0.4) is 0 Å². The second-order valence-corrected chi connectivity index (χ2v) is 3.53. The van der Waals surface area contributed by atoms with Crippen molar-refractivity contribution in [1.29, 1.82) is 0 Å². The van der Waals surface area contributed by atoms with E-state index in [1.807, 2.05) is 5.38 Å². The molecule has 1 aromatic rings. The van der Waals surface area contributed by atoms with Gasteiger partial charge in [0.2, 0.25) is 0 Å². The van der Waals surface area contributed by atoms with Crippen LogP contribution in [-0.4, -0.2) is 37.5 Å². The quantitative estimate of drug-likeness (QED) is 0.703. The summed E-state index contributed by atoms with van der Waals surface area (Å²) in [5.41, 5.74) is 0.599. The summed E-state index contributed by atoms with van der Waals surface area (Å²) in [5, 5.41) is 3.56. The number of hydrogen-bond donors (Lipinski definition) is 0. The lowest BCUT2D eigenvalue weighted by Gasteiger charge is -2.14. The van der Waals surface area contributed by atoms with Gasteiger partial charge in [-0.25, -0.2) is 0 Å². The van der Waals surface area contributed by atoms with Gasteiger partial charge in [-0.1, -0.05) is 0 Å². The van der Waals surface area contributed by atoms with Gasteiger partial charge in [0.15, 0.2) is 0 Å². The molecular weight excluding hydrogens is 202 g/mol. The maximum atomic E-state index is 11.6. The van der Waals surface area contributed by atoms with E-state index in [-0.39, 0.29) is 12.5 Å². The highest BCUT2D eigenvalue weighted by Gasteiger charge is 2.14. The molecule has 0 spiro atoms. The van der Waals surface area contributed by atoms with Crippen molar-refractivity contribution in [3.05, 3.63) is 22.4 Å². The maximum Gasteiger partial charge on any atom is 0.325 e. The van der Waals surface area contributed by atoms with Crippen molar-refractivity contribution in [2.75, 3.05) is 20.7 Å². The molecule has 0 saturated carbocycles. The summed E-state index contributed by atoms with van der Waals surface area (Å²) in [4.78, 5) is 23.8. The van der Waals surface area contributed by atoms with Crippen molar-refractivity contribution in [2.45, 2.75) is 0 Å². The van der Waals surface area contributed by atoms with Gasteiger partial charge in [0, 0.05) is 12.4 Å². The number of thiophene rings is 1.